The summed E-state index contributed by atoms with van der Waals surface area (Å²) in [6.45, 7) is 3.99. The van der Waals surface area contributed by atoms with Gasteiger partial charge in [-0.05, 0) is 37.6 Å². The van der Waals surface area contributed by atoms with Crippen LogP contribution < -0.4 is 0 Å². The Morgan fingerprint density at radius 1 is 1.06 bits per heavy atom. The van der Waals surface area contributed by atoms with Gasteiger partial charge in [0.15, 0.2) is 5.82 Å². The van der Waals surface area contributed by atoms with Crippen molar-refractivity contribution in [3.63, 3.8) is 0 Å². The van der Waals surface area contributed by atoms with E-state index in [-0.39, 0.29) is 0 Å². The van der Waals surface area contributed by atoms with Crippen LogP contribution in [-0.4, -0.2) is 9.97 Å². The molecule has 1 heterocycles. The van der Waals surface area contributed by atoms with Crippen LogP contribution in [0.25, 0.3) is 11.4 Å². The van der Waals surface area contributed by atoms with Crippen molar-refractivity contribution in [3.8, 4) is 11.4 Å². The van der Waals surface area contributed by atoms with Gasteiger partial charge in [0.05, 0.1) is 0 Å². The minimum absolute atomic E-state index is 0.532. The molecule has 0 aliphatic rings. The first-order valence-electron chi connectivity index (χ1n) is 5.40. The van der Waals surface area contributed by atoms with Crippen LogP contribution in [0.5, 0.6) is 0 Å². The monoisotopic (exact) mass is 266 g/mol. The summed E-state index contributed by atoms with van der Waals surface area (Å²) in [6.07, 6.45) is 0.839. The van der Waals surface area contributed by atoms with E-state index in [1.165, 1.54) is 0 Å². The second-order valence-electron chi connectivity index (χ2n) is 3.76. The molecule has 2 nitrogen and oxygen atoms in total. The predicted molar refractivity (Wildman–Crippen MR) is 71.6 cm³/mol. The predicted octanol–water partition coefficient (Wildman–Crippen LogP) is 4.32. The summed E-state index contributed by atoms with van der Waals surface area (Å²) >= 11 is 12.0. The average molecular weight is 267 g/mol. The van der Waals surface area contributed by atoms with Gasteiger partial charge in [-0.1, -0.05) is 30.1 Å². The molecule has 0 spiro atoms. The van der Waals surface area contributed by atoms with E-state index in [1.807, 2.05) is 38.1 Å². The highest BCUT2D eigenvalue weighted by Gasteiger charge is 2.09. The fourth-order valence-corrected chi connectivity index (χ4v) is 2.17. The first-order valence-corrected chi connectivity index (χ1v) is 6.16. The first-order chi connectivity index (χ1) is 8.11. The lowest BCUT2D eigenvalue weighted by atomic mass is 10.1. The normalized spacial score (nSPS) is 10.6. The standard InChI is InChI=1S/C13H12Cl2N2/c1-3-11-8(2)16-13(17-12(11)15)9-4-6-10(14)7-5-9/h4-7H,3H2,1-2H3. The first kappa shape index (κ1) is 12.3. The number of aromatic nitrogens is 2. The molecule has 0 aliphatic heterocycles. The second-order valence-corrected chi connectivity index (χ2v) is 4.56. The van der Waals surface area contributed by atoms with Gasteiger partial charge in [0.2, 0.25) is 0 Å². The maximum atomic E-state index is 6.14. The number of benzene rings is 1. The molecular weight excluding hydrogens is 255 g/mol. The number of nitrogens with zero attached hydrogens (tertiary/aromatic N) is 2. The molecule has 0 fully saturated rings. The van der Waals surface area contributed by atoms with Crippen LogP contribution in [0, 0.1) is 6.92 Å². The van der Waals surface area contributed by atoms with Crippen molar-refractivity contribution in [1.29, 1.82) is 0 Å². The molecule has 2 rings (SSSR count). The Morgan fingerprint density at radius 3 is 2.24 bits per heavy atom. The molecule has 4 heteroatoms. The van der Waals surface area contributed by atoms with Gasteiger partial charge in [-0.25, -0.2) is 9.97 Å². The summed E-state index contributed by atoms with van der Waals surface area (Å²) in [6, 6.07) is 7.41. The van der Waals surface area contributed by atoms with E-state index < -0.39 is 0 Å². The molecule has 0 N–H and O–H groups in total. The maximum absolute atomic E-state index is 6.14. The van der Waals surface area contributed by atoms with Gasteiger partial charge in [-0.3, -0.25) is 0 Å². The quantitative estimate of drug-likeness (QED) is 0.757. The van der Waals surface area contributed by atoms with Gasteiger partial charge in [0.1, 0.15) is 5.15 Å². The Hall–Kier alpha value is -1.12. The molecular formula is C13H12Cl2N2. The van der Waals surface area contributed by atoms with Crippen molar-refractivity contribution < 1.29 is 0 Å². The van der Waals surface area contributed by atoms with Crippen LogP contribution in [0.1, 0.15) is 18.2 Å². The van der Waals surface area contributed by atoms with Gasteiger partial charge >= 0.3 is 0 Å². The summed E-state index contributed by atoms with van der Waals surface area (Å²) < 4.78 is 0. The van der Waals surface area contributed by atoms with Crippen LogP contribution >= 0.6 is 23.2 Å². The Bertz CT molecular complexity index is 513. The molecule has 88 valence electrons. The highest BCUT2D eigenvalue weighted by atomic mass is 35.5. The number of rotatable bonds is 2. The van der Waals surface area contributed by atoms with E-state index in [1.54, 1.807) is 0 Å². The Labute approximate surface area is 111 Å². The fraction of sp³-hybridized carbons (Fsp3) is 0.231. The lowest BCUT2D eigenvalue weighted by molar-refractivity contribution is 1.00. The molecule has 0 radical (unpaired) electrons. The van der Waals surface area contributed by atoms with Gasteiger partial charge < -0.3 is 0 Å². The molecule has 0 unspecified atom stereocenters. The number of hydrogen-bond acceptors (Lipinski definition) is 2. The van der Waals surface area contributed by atoms with E-state index >= 15 is 0 Å². The van der Waals surface area contributed by atoms with E-state index in [0.29, 0.717) is 16.0 Å². The number of aryl methyl sites for hydroxylation is 1. The summed E-state index contributed by atoms with van der Waals surface area (Å²) in [5.74, 6) is 0.640. The Balaban J connectivity index is 2.50. The fourth-order valence-electron chi connectivity index (χ4n) is 1.69. The summed E-state index contributed by atoms with van der Waals surface area (Å²) in [5.41, 5.74) is 2.85. The van der Waals surface area contributed by atoms with Crippen LogP contribution in [0.2, 0.25) is 10.2 Å². The van der Waals surface area contributed by atoms with Crippen molar-refractivity contribution in [2.24, 2.45) is 0 Å². The molecule has 1 aromatic carbocycles. The van der Waals surface area contributed by atoms with Crippen molar-refractivity contribution in [2.45, 2.75) is 20.3 Å². The summed E-state index contributed by atoms with van der Waals surface area (Å²) in [5, 5.41) is 1.23. The molecule has 0 saturated heterocycles. The molecule has 0 bridgehead atoms. The smallest absolute Gasteiger partial charge is 0.161 e. The highest BCUT2D eigenvalue weighted by Crippen LogP contribution is 2.23. The van der Waals surface area contributed by atoms with Gasteiger partial charge in [0, 0.05) is 21.8 Å². The molecule has 0 aliphatic carbocycles. The van der Waals surface area contributed by atoms with Crippen LogP contribution in [0.15, 0.2) is 24.3 Å². The summed E-state index contributed by atoms with van der Waals surface area (Å²) in [7, 11) is 0. The zero-order valence-electron chi connectivity index (χ0n) is 9.67. The topological polar surface area (TPSA) is 25.8 Å². The van der Waals surface area contributed by atoms with E-state index in [4.69, 9.17) is 23.2 Å². The third-order valence-corrected chi connectivity index (χ3v) is 3.18. The van der Waals surface area contributed by atoms with Crippen molar-refractivity contribution >= 4 is 23.2 Å². The minimum Gasteiger partial charge on any atom is -0.233 e. The van der Waals surface area contributed by atoms with Gasteiger partial charge in [-0.2, -0.15) is 0 Å². The zero-order chi connectivity index (χ0) is 12.4. The van der Waals surface area contributed by atoms with Crippen molar-refractivity contribution in [2.75, 3.05) is 0 Å². The van der Waals surface area contributed by atoms with Crippen LogP contribution in [0.3, 0.4) is 0 Å². The Morgan fingerprint density at radius 2 is 1.71 bits per heavy atom. The third kappa shape index (κ3) is 2.59. The molecule has 2 aromatic rings. The van der Waals surface area contributed by atoms with Crippen LogP contribution in [0.4, 0.5) is 0 Å². The molecule has 0 atom stereocenters. The van der Waals surface area contributed by atoms with Crippen molar-refractivity contribution in [3.05, 3.63) is 45.7 Å². The van der Waals surface area contributed by atoms with E-state index in [0.717, 1.165) is 23.2 Å². The van der Waals surface area contributed by atoms with Gasteiger partial charge in [-0.15, -0.1) is 0 Å². The van der Waals surface area contributed by atoms with Gasteiger partial charge in [0.25, 0.3) is 0 Å². The largest absolute Gasteiger partial charge is 0.233 e. The van der Waals surface area contributed by atoms with E-state index in [2.05, 4.69) is 9.97 Å². The third-order valence-electron chi connectivity index (χ3n) is 2.62. The molecule has 0 amide bonds. The number of hydrogen-bond donors (Lipinski definition) is 0. The second kappa shape index (κ2) is 5.03. The van der Waals surface area contributed by atoms with Crippen LogP contribution in [-0.2, 0) is 6.42 Å². The summed E-state index contributed by atoms with van der Waals surface area (Å²) in [4.78, 5) is 8.78. The van der Waals surface area contributed by atoms with E-state index in [9.17, 15) is 0 Å². The number of halogens is 2. The molecule has 1 aromatic heterocycles. The lowest BCUT2D eigenvalue weighted by Crippen LogP contribution is -1.99. The highest BCUT2D eigenvalue weighted by molar-refractivity contribution is 6.30. The average Bonchev–Trinajstić information content (AvgIpc) is 2.29. The lowest BCUT2D eigenvalue weighted by Gasteiger charge is -2.07. The zero-order valence-corrected chi connectivity index (χ0v) is 11.2. The SMILES string of the molecule is CCc1c(C)nc(-c2ccc(Cl)cc2)nc1Cl. The Kier molecular flexibility index (Phi) is 3.65. The molecule has 0 saturated carbocycles. The maximum Gasteiger partial charge on any atom is 0.161 e. The minimum atomic E-state index is 0.532. The molecule has 17 heavy (non-hydrogen) atoms. The van der Waals surface area contributed by atoms with Crippen molar-refractivity contribution in [1.82, 2.24) is 9.97 Å².